The van der Waals surface area contributed by atoms with E-state index in [9.17, 15) is 13.6 Å². The predicted molar refractivity (Wildman–Crippen MR) is 71.6 cm³/mol. The molecule has 8 heteroatoms. The van der Waals surface area contributed by atoms with Gasteiger partial charge in [0.1, 0.15) is 11.1 Å². The van der Waals surface area contributed by atoms with E-state index < -0.39 is 19.1 Å². The minimum atomic E-state index is -3.24. The molecule has 108 valence electrons. The summed E-state index contributed by atoms with van der Waals surface area (Å²) in [4.78, 5) is 11.9. The summed E-state index contributed by atoms with van der Waals surface area (Å²) in [7, 11) is 0. The Balaban J connectivity index is 2.82. The number of halogens is 3. The van der Waals surface area contributed by atoms with Crippen LogP contribution in [0.3, 0.4) is 0 Å². The molecule has 0 saturated heterocycles. The van der Waals surface area contributed by atoms with Gasteiger partial charge in [-0.2, -0.15) is 5.10 Å². The summed E-state index contributed by atoms with van der Waals surface area (Å²) in [6.45, 7) is 0.467. The molecule has 0 aliphatic rings. The van der Waals surface area contributed by atoms with Crippen LogP contribution in [-0.4, -0.2) is 34.0 Å². The molecule has 0 amide bonds. The second-order valence-corrected chi connectivity index (χ2v) is 4.91. The average molecular weight is 340 g/mol. The molecular weight excluding hydrogens is 324 g/mol. The van der Waals surface area contributed by atoms with Crippen LogP contribution >= 0.6 is 15.9 Å². The fraction of sp³-hybridized carbons (Fsp3) is 0.636. The van der Waals surface area contributed by atoms with Gasteiger partial charge < -0.3 is 10.4 Å². The second-order valence-electron chi connectivity index (χ2n) is 4.12. The van der Waals surface area contributed by atoms with Crippen LogP contribution in [0, 0.1) is 0 Å². The largest absolute Gasteiger partial charge is 0.390 e. The van der Waals surface area contributed by atoms with Crippen LogP contribution in [0.4, 0.5) is 14.5 Å². The van der Waals surface area contributed by atoms with Crippen LogP contribution in [-0.2, 0) is 6.54 Å². The Kier molecular flexibility index (Phi) is 5.86. The molecule has 5 nitrogen and oxygen atoms in total. The number of nitrogens with zero attached hydrogens (tertiary/aromatic N) is 2. The zero-order valence-corrected chi connectivity index (χ0v) is 12.1. The highest BCUT2D eigenvalue weighted by molar-refractivity contribution is 9.10. The lowest BCUT2D eigenvalue weighted by molar-refractivity contribution is -0.0373. The van der Waals surface area contributed by atoms with Crippen LogP contribution in [0.2, 0.25) is 0 Å². The topological polar surface area (TPSA) is 67.2 Å². The standard InChI is InChI=1S/C11H16BrF2N3O2/c1-2-3-4-17-10(19)9(12)8(5-16-17)15-6-11(13,14)7-18/h5,15,18H,2-4,6-7H2,1H3. The van der Waals surface area contributed by atoms with Crippen molar-refractivity contribution in [3.8, 4) is 0 Å². The van der Waals surface area contributed by atoms with Crippen LogP contribution in [0.15, 0.2) is 15.5 Å². The first kappa shape index (κ1) is 16.0. The molecule has 1 aromatic rings. The molecule has 0 fully saturated rings. The summed E-state index contributed by atoms with van der Waals surface area (Å²) >= 11 is 3.07. The van der Waals surface area contributed by atoms with Gasteiger partial charge >= 0.3 is 0 Å². The van der Waals surface area contributed by atoms with Crippen molar-refractivity contribution in [2.24, 2.45) is 0 Å². The smallest absolute Gasteiger partial charge is 0.287 e. The molecule has 0 unspecified atom stereocenters. The number of alkyl halides is 2. The first-order valence-corrected chi connectivity index (χ1v) is 6.68. The Morgan fingerprint density at radius 1 is 1.58 bits per heavy atom. The van der Waals surface area contributed by atoms with Crippen molar-refractivity contribution in [1.82, 2.24) is 9.78 Å². The zero-order chi connectivity index (χ0) is 14.5. The molecule has 0 bridgehead atoms. The molecule has 0 aliphatic carbocycles. The van der Waals surface area contributed by atoms with Gasteiger partial charge in [0.2, 0.25) is 0 Å². The van der Waals surface area contributed by atoms with Gasteiger partial charge in [0.25, 0.3) is 11.5 Å². The highest BCUT2D eigenvalue weighted by Gasteiger charge is 2.27. The molecule has 1 aromatic heterocycles. The highest BCUT2D eigenvalue weighted by atomic mass is 79.9. The maximum Gasteiger partial charge on any atom is 0.287 e. The summed E-state index contributed by atoms with van der Waals surface area (Å²) < 4.78 is 27.2. The maximum absolute atomic E-state index is 12.9. The van der Waals surface area contributed by atoms with Crippen LogP contribution in [0.1, 0.15) is 19.8 Å². The molecule has 1 rings (SSSR count). The molecular formula is C11H16BrF2N3O2. The monoisotopic (exact) mass is 339 g/mol. The lowest BCUT2D eigenvalue weighted by Gasteiger charge is -2.15. The third-order valence-corrected chi connectivity index (χ3v) is 3.24. The number of aliphatic hydroxyl groups is 1. The number of nitrogens with one attached hydrogen (secondary N) is 1. The summed E-state index contributed by atoms with van der Waals surface area (Å²) in [5, 5.41) is 14.8. The zero-order valence-electron chi connectivity index (χ0n) is 10.5. The van der Waals surface area contributed by atoms with Crippen molar-refractivity contribution in [2.45, 2.75) is 32.2 Å². The van der Waals surface area contributed by atoms with E-state index in [-0.39, 0.29) is 15.7 Å². The van der Waals surface area contributed by atoms with Crippen molar-refractivity contribution < 1.29 is 13.9 Å². The molecule has 19 heavy (non-hydrogen) atoms. The quantitative estimate of drug-likeness (QED) is 0.795. The van der Waals surface area contributed by atoms with E-state index in [0.717, 1.165) is 12.8 Å². The normalized spacial score (nSPS) is 11.6. The molecule has 1 heterocycles. The number of aliphatic hydroxyl groups excluding tert-OH is 1. The molecule has 0 atom stereocenters. The second kappa shape index (κ2) is 6.95. The molecule has 2 N–H and O–H groups in total. The van der Waals surface area contributed by atoms with E-state index in [2.05, 4.69) is 26.3 Å². The van der Waals surface area contributed by atoms with Gasteiger partial charge in [0.15, 0.2) is 0 Å². The average Bonchev–Trinajstić information content (AvgIpc) is 2.39. The van der Waals surface area contributed by atoms with E-state index in [1.165, 1.54) is 10.9 Å². The minimum Gasteiger partial charge on any atom is -0.390 e. The SMILES string of the molecule is CCCCn1ncc(NCC(F)(F)CO)c(Br)c1=O. The van der Waals surface area contributed by atoms with Gasteiger partial charge in [-0.1, -0.05) is 13.3 Å². The third-order valence-electron chi connectivity index (χ3n) is 2.48. The number of hydrogen-bond donors (Lipinski definition) is 2. The van der Waals surface area contributed by atoms with Gasteiger partial charge in [-0.25, -0.2) is 13.5 Å². The van der Waals surface area contributed by atoms with E-state index in [4.69, 9.17) is 5.11 Å². The lowest BCUT2D eigenvalue weighted by Crippen LogP contribution is -2.32. The maximum atomic E-state index is 12.9. The number of hydrogen-bond acceptors (Lipinski definition) is 4. The Morgan fingerprint density at radius 3 is 2.84 bits per heavy atom. The van der Waals surface area contributed by atoms with Crippen molar-refractivity contribution in [2.75, 3.05) is 18.5 Å². The van der Waals surface area contributed by atoms with Crippen molar-refractivity contribution in [3.63, 3.8) is 0 Å². The van der Waals surface area contributed by atoms with Crippen molar-refractivity contribution in [1.29, 1.82) is 0 Å². The van der Waals surface area contributed by atoms with Gasteiger partial charge in [0, 0.05) is 6.54 Å². The molecule has 0 spiro atoms. The predicted octanol–water partition coefficient (Wildman–Crippen LogP) is 1.85. The Hall–Kier alpha value is -1.02. The van der Waals surface area contributed by atoms with Crippen LogP contribution in [0.5, 0.6) is 0 Å². The van der Waals surface area contributed by atoms with Gasteiger partial charge in [0.05, 0.1) is 18.4 Å². The van der Waals surface area contributed by atoms with Crippen LogP contribution < -0.4 is 10.9 Å². The summed E-state index contributed by atoms with van der Waals surface area (Å²) in [6, 6.07) is 0. The fourth-order valence-electron chi connectivity index (χ4n) is 1.34. The van der Waals surface area contributed by atoms with Crippen LogP contribution in [0.25, 0.3) is 0 Å². The Bertz CT molecular complexity index is 479. The van der Waals surface area contributed by atoms with E-state index in [1.54, 1.807) is 0 Å². The minimum absolute atomic E-state index is 0.160. The summed E-state index contributed by atoms with van der Waals surface area (Å²) in [6.07, 6.45) is 3.05. The van der Waals surface area contributed by atoms with Crippen molar-refractivity contribution in [3.05, 3.63) is 21.0 Å². The molecule has 0 aromatic carbocycles. The van der Waals surface area contributed by atoms with Crippen molar-refractivity contribution >= 4 is 21.6 Å². The Labute approximate surface area is 117 Å². The number of aromatic nitrogens is 2. The van der Waals surface area contributed by atoms with Gasteiger partial charge in [-0.05, 0) is 22.4 Å². The molecule has 0 radical (unpaired) electrons. The molecule has 0 aliphatic heterocycles. The summed E-state index contributed by atoms with van der Waals surface area (Å²) in [5.74, 6) is -3.24. The highest BCUT2D eigenvalue weighted by Crippen LogP contribution is 2.19. The van der Waals surface area contributed by atoms with E-state index in [1.807, 2.05) is 6.92 Å². The fourth-order valence-corrected chi connectivity index (χ4v) is 1.78. The number of anilines is 1. The van der Waals surface area contributed by atoms with Gasteiger partial charge in [-0.3, -0.25) is 4.79 Å². The summed E-state index contributed by atoms with van der Waals surface area (Å²) in [5.41, 5.74) is -0.184. The third kappa shape index (κ3) is 4.54. The first-order chi connectivity index (χ1) is 8.91. The number of unbranched alkanes of at least 4 members (excludes halogenated alkanes) is 1. The molecule has 0 saturated carbocycles. The first-order valence-electron chi connectivity index (χ1n) is 5.89. The van der Waals surface area contributed by atoms with E-state index in [0.29, 0.717) is 6.54 Å². The Morgan fingerprint density at radius 2 is 2.26 bits per heavy atom. The number of aryl methyl sites for hydroxylation is 1. The van der Waals surface area contributed by atoms with Gasteiger partial charge in [-0.15, -0.1) is 0 Å². The number of rotatable bonds is 7. The van der Waals surface area contributed by atoms with E-state index >= 15 is 0 Å². The lowest BCUT2D eigenvalue weighted by atomic mass is 10.3.